The molecule has 130 valence electrons. The van der Waals surface area contributed by atoms with Gasteiger partial charge in [0.1, 0.15) is 5.82 Å². The molecule has 0 spiro atoms. The average Bonchev–Trinajstić information content (AvgIpc) is 2.56. The van der Waals surface area contributed by atoms with Crippen LogP contribution in [0.3, 0.4) is 0 Å². The first-order chi connectivity index (χ1) is 11.3. The second-order valence-electron chi connectivity index (χ2n) is 5.63. The monoisotopic (exact) mass is 375 g/mol. The van der Waals surface area contributed by atoms with Crippen molar-refractivity contribution in [1.82, 2.24) is 9.97 Å². The number of nitrogens with two attached hydrogens (primary N) is 1. The number of fused-ring (bicyclic) bond motifs is 6. The van der Waals surface area contributed by atoms with E-state index < -0.39 is 0 Å². The summed E-state index contributed by atoms with van der Waals surface area (Å²) in [6, 6.07) is 16.1. The van der Waals surface area contributed by atoms with E-state index in [1.165, 1.54) is 5.56 Å². The summed E-state index contributed by atoms with van der Waals surface area (Å²) in [6.45, 7) is 0. The number of benzene rings is 2. The topological polar surface area (TPSA) is 75.9 Å². The number of nitrogens with one attached hydrogen (secondary N) is 2. The molecule has 6 bridgehead atoms. The summed E-state index contributed by atoms with van der Waals surface area (Å²) in [5.74, 6) is 1.32. The van der Waals surface area contributed by atoms with Crippen LogP contribution in [0.1, 0.15) is 11.1 Å². The Morgan fingerprint density at radius 1 is 0.880 bits per heavy atom. The van der Waals surface area contributed by atoms with Crippen molar-refractivity contribution in [1.29, 1.82) is 0 Å². The molecule has 0 saturated heterocycles. The fourth-order valence-corrected chi connectivity index (χ4v) is 2.75. The molecule has 25 heavy (non-hydrogen) atoms. The molecular weight excluding hydrogens is 357 g/mol. The van der Waals surface area contributed by atoms with Gasteiger partial charge in [0.25, 0.3) is 0 Å². The van der Waals surface area contributed by atoms with Crippen molar-refractivity contribution in [2.75, 3.05) is 16.4 Å². The maximum atomic E-state index is 6.12. The fourth-order valence-electron chi connectivity index (χ4n) is 2.75. The molecular formula is C18H19Cl2N5. The fraction of sp³-hybridized carbons (Fsp3) is 0.111. The molecule has 2 heterocycles. The summed E-state index contributed by atoms with van der Waals surface area (Å²) in [6.07, 6.45) is 3.56. The number of anilines is 5. The van der Waals surface area contributed by atoms with Crippen LogP contribution >= 0.6 is 24.8 Å². The van der Waals surface area contributed by atoms with Crippen LogP contribution in [-0.2, 0) is 12.8 Å². The van der Waals surface area contributed by atoms with Gasteiger partial charge in [-0.3, -0.25) is 0 Å². The number of aryl methyl sites for hydroxylation is 2. The zero-order valence-electron chi connectivity index (χ0n) is 13.4. The third kappa shape index (κ3) is 4.32. The Hall–Kier alpha value is -2.50. The minimum absolute atomic E-state index is 0. The molecule has 0 aliphatic carbocycles. The first-order valence-electron chi connectivity index (χ1n) is 7.61. The van der Waals surface area contributed by atoms with Gasteiger partial charge >= 0.3 is 0 Å². The molecule has 1 aliphatic heterocycles. The first-order valence-corrected chi connectivity index (χ1v) is 7.61. The molecule has 5 nitrogen and oxygen atoms in total. The van der Waals surface area contributed by atoms with Crippen LogP contribution in [0, 0.1) is 0 Å². The Morgan fingerprint density at radius 2 is 1.72 bits per heavy atom. The lowest BCUT2D eigenvalue weighted by molar-refractivity contribution is 0.964. The predicted octanol–water partition coefficient (Wildman–Crippen LogP) is 4.49. The van der Waals surface area contributed by atoms with Crippen molar-refractivity contribution in [3.63, 3.8) is 0 Å². The molecule has 3 aromatic rings. The minimum atomic E-state index is 0. The maximum Gasteiger partial charge on any atom is 0.229 e. The van der Waals surface area contributed by atoms with Crippen LogP contribution in [0.15, 0.2) is 54.7 Å². The molecule has 0 saturated carbocycles. The van der Waals surface area contributed by atoms with E-state index in [2.05, 4.69) is 38.8 Å². The smallest absolute Gasteiger partial charge is 0.229 e. The van der Waals surface area contributed by atoms with Crippen molar-refractivity contribution in [3.8, 4) is 0 Å². The molecule has 0 unspecified atom stereocenters. The van der Waals surface area contributed by atoms with E-state index in [-0.39, 0.29) is 24.8 Å². The van der Waals surface area contributed by atoms with Crippen LogP contribution < -0.4 is 16.4 Å². The Bertz CT molecular complexity index is 870. The molecule has 1 aliphatic rings. The van der Waals surface area contributed by atoms with E-state index in [9.17, 15) is 0 Å². The Kier molecular flexibility index (Phi) is 6.07. The van der Waals surface area contributed by atoms with Crippen LogP contribution in [0.2, 0.25) is 0 Å². The minimum Gasteiger partial charge on any atom is -0.399 e. The molecule has 7 heteroatoms. The second kappa shape index (κ2) is 8.05. The van der Waals surface area contributed by atoms with Gasteiger partial charge in [-0.2, -0.15) is 4.98 Å². The highest BCUT2D eigenvalue weighted by Gasteiger charge is 2.07. The maximum absolute atomic E-state index is 6.12. The second-order valence-corrected chi connectivity index (χ2v) is 5.63. The summed E-state index contributed by atoms with van der Waals surface area (Å²) in [5.41, 5.74) is 11.3. The number of nitrogens with zero attached hydrogens (tertiary/aromatic N) is 2. The Morgan fingerprint density at radius 3 is 2.60 bits per heavy atom. The highest BCUT2D eigenvalue weighted by atomic mass is 35.5. The third-order valence-electron chi connectivity index (χ3n) is 3.94. The first kappa shape index (κ1) is 18.8. The molecule has 0 fully saturated rings. The Balaban J connectivity index is 0.00000113. The summed E-state index contributed by atoms with van der Waals surface area (Å²) >= 11 is 0. The molecule has 4 N–H and O–H groups in total. The van der Waals surface area contributed by atoms with Gasteiger partial charge in [0.05, 0.1) is 0 Å². The highest BCUT2D eigenvalue weighted by molar-refractivity contribution is 5.85. The van der Waals surface area contributed by atoms with E-state index in [1.807, 2.05) is 30.3 Å². The molecule has 2 aromatic carbocycles. The van der Waals surface area contributed by atoms with Crippen molar-refractivity contribution in [2.24, 2.45) is 0 Å². The van der Waals surface area contributed by atoms with E-state index in [4.69, 9.17) is 5.73 Å². The van der Waals surface area contributed by atoms with Gasteiger partial charge in [0.2, 0.25) is 5.95 Å². The molecule has 1 aromatic heterocycles. The molecule has 0 amide bonds. The number of hydrogen-bond acceptors (Lipinski definition) is 5. The number of nitrogen functional groups attached to an aromatic ring is 1. The molecule has 4 rings (SSSR count). The van der Waals surface area contributed by atoms with Crippen molar-refractivity contribution in [2.45, 2.75) is 12.8 Å². The molecule has 0 radical (unpaired) electrons. The Labute approximate surface area is 158 Å². The van der Waals surface area contributed by atoms with Crippen molar-refractivity contribution in [3.05, 3.63) is 65.9 Å². The van der Waals surface area contributed by atoms with E-state index in [0.717, 1.165) is 41.3 Å². The standard InChI is InChI=1S/C18H17N5.2ClH/c19-16-7-6-15-11-13(16)5-4-12-2-1-3-14(10-12)22-18-20-9-8-17(21-15)23-18;;/h1-3,6-11H,4-5,19H2,(H2,20,21,22,23);2*1H. The lowest BCUT2D eigenvalue weighted by Crippen LogP contribution is -2.01. The van der Waals surface area contributed by atoms with Gasteiger partial charge in [0, 0.05) is 23.3 Å². The lowest BCUT2D eigenvalue weighted by Gasteiger charge is -2.10. The van der Waals surface area contributed by atoms with Crippen LogP contribution in [0.25, 0.3) is 0 Å². The summed E-state index contributed by atoms with van der Waals surface area (Å²) in [4.78, 5) is 8.78. The van der Waals surface area contributed by atoms with Gasteiger partial charge in [-0.25, -0.2) is 4.98 Å². The highest BCUT2D eigenvalue weighted by Crippen LogP contribution is 2.24. The molecule has 0 atom stereocenters. The SMILES string of the molecule is Cl.Cl.Nc1ccc2cc1CCc1cccc(c1)Nc1nccc(n1)N2. The number of hydrogen-bond donors (Lipinski definition) is 3. The largest absolute Gasteiger partial charge is 0.399 e. The zero-order valence-corrected chi connectivity index (χ0v) is 15.0. The van der Waals surface area contributed by atoms with Gasteiger partial charge < -0.3 is 16.4 Å². The van der Waals surface area contributed by atoms with Crippen LogP contribution in [0.4, 0.5) is 28.8 Å². The quantitative estimate of drug-likeness (QED) is 0.504. The van der Waals surface area contributed by atoms with Crippen LogP contribution in [0.5, 0.6) is 0 Å². The van der Waals surface area contributed by atoms with E-state index >= 15 is 0 Å². The summed E-state index contributed by atoms with van der Waals surface area (Å²) in [7, 11) is 0. The van der Waals surface area contributed by atoms with E-state index in [1.54, 1.807) is 6.20 Å². The third-order valence-corrected chi connectivity index (χ3v) is 3.94. The van der Waals surface area contributed by atoms with Gasteiger partial charge in [-0.1, -0.05) is 12.1 Å². The normalized spacial score (nSPS) is 11.8. The van der Waals surface area contributed by atoms with Gasteiger partial charge in [0.15, 0.2) is 0 Å². The van der Waals surface area contributed by atoms with Gasteiger partial charge in [-0.05, 0) is 60.4 Å². The van der Waals surface area contributed by atoms with Crippen LogP contribution in [-0.4, -0.2) is 9.97 Å². The predicted molar refractivity (Wildman–Crippen MR) is 108 cm³/mol. The summed E-state index contributed by atoms with van der Waals surface area (Å²) in [5, 5.41) is 6.56. The zero-order chi connectivity index (χ0) is 15.6. The van der Waals surface area contributed by atoms with Crippen molar-refractivity contribution < 1.29 is 0 Å². The van der Waals surface area contributed by atoms with Gasteiger partial charge in [-0.15, -0.1) is 24.8 Å². The number of rotatable bonds is 0. The average molecular weight is 376 g/mol. The number of aromatic nitrogens is 2. The summed E-state index contributed by atoms with van der Waals surface area (Å²) < 4.78 is 0. The lowest BCUT2D eigenvalue weighted by atomic mass is 10.0. The van der Waals surface area contributed by atoms with Crippen molar-refractivity contribution >= 4 is 53.6 Å². The van der Waals surface area contributed by atoms with E-state index in [0.29, 0.717) is 5.95 Å². The number of halogens is 2.